The Kier molecular flexibility index (Phi) is 7.16. The van der Waals surface area contributed by atoms with Crippen LogP contribution in [0.1, 0.15) is 25.3 Å². The van der Waals surface area contributed by atoms with E-state index in [1.54, 1.807) is 0 Å². The zero-order valence-corrected chi connectivity index (χ0v) is 14.0. The van der Waals surface area contributed by atoms with Crippen molar-refractivity contribution >= 4 is 5.69 Å². The van der Waals surface area contributed by atoms with Crippen LogP contribution in [0.3, 0.4) is 0 Å². The van der Waals surface area contributed by atoms with Crippen LogP contribution in [0.2, 0.25) is 0 Å². The molecule has 1 N–H and O–H groups in total. The molecule has 1 saturated heterocycles. The van der Waals surface area contributed by atoms with E-state index in [0.29, 0.717) is 13.2 Å². The zero-order valence-electron chi connectivity index (χ0n) is 14.0. The maximum absolute atomic E-state index is 10.0. The van der Waals surface area contributed by atoms with Crippen LogP contribution in [0.25, 0.3) is 0 Å². The highest BCUT2D eigenvalue weighted by Gasteiger charge is 2.19. The summed E-state index contributed by atoms with van der Waals surface area (Å²) in [6, 6.07) is 8.72. The first-order chi connectivity index (χ1) is 10.7. The second kappa shape index (κ2) is 9.13. The van der Waals surface area contributed by atoms with Gasteiger partial charge in [0.25, 0.3) is 0 Å². The van der Waals surface area contributed by atoms with Gasteiger partial charge in [-0.15, -0.1) is 0 Å². The van der Waals surface area contributed by atoms with E-state index >= 15 is 0 Å². The number of piperazine rings is 1. The van der Waals surface area contributed by atoms with Gasteiger partial charge in [-0.2, -0.15) is 0 Å². The van der Waals surface area contributed by atoms with Crippen LogP contribution in [-0.2, 0) is 4.74 Å². The lowest BCUT2D eigenvalue weighted by atomic mass is 10.2. The van der Waals surface area contributed by atoms with Crippen molar-refractivity contribution < 1.29 is 9.84 Å². The molecule has 0 spiro atoms. The van der Waals surface area contributed by atoms with Crippen LogP contribution in [0.15, 0.2) is 24.3 Å². The normalized spacial score (nSPS) is 17.7. The number of β-amino-alcohol motifs (C(OH)–C–C–N with tert-alkyl or cyclic N) is 1. The van der Waals surface area contributed by atoms with Crippen molar-refractivity contribution in [3.63, 3.8) is 0 Å². The summed E-state index contributed by atoms with van der Waals surface area (Å²) in [6.07, 6.45) is 1.83. The molecule has 0 aromatic heterocycles. The molecule has 0 radical (unpaired) electrons. The van der Waals surface area contributed by atoms with Crippen molar-refractivity contribution in [3.05, 3.63) is 29.8 Å². The first-order valence-electron chi connectivity index (χ1n) is 8.49. The number of rotatable bonds is 8. The average Bonchev–Trinajstić information content (AvgIpc) is 2.53. The molecule has 1 heterocycles. The largest absolute Gasteiger partial charge is 0.389 e. The summed E-state index contributed by atoms with van der Waals surface area (Å²) in [5.74, 6) is 0. The molecule has 1 aliphatic rings. The number of nitrogens with zero attached hydrogens (tertiary/aromatic N) is 2. The smallest absolute Gasteiger partial charge is 0.0900 e. The van der Waals surface area contributed by atoms with Crippen molar-refractivity contribution in [2.45, 2.75) is 32.8 Å². The average molecular weight is 306 g/mol. The van der Waals surface area contributed by atoms with E-state index in [1.807, 2.05) is 0 Å². The van der Waals surface area contributed by atoms with Crippen molar-refractivity contribution in [2.24, 2.45) is 0 Å². The number of anilines is 1. The van der Waals surface area contributed by atoms with Crippen LogP contribution < -0.4 is 4.90 Å². The van der Waals surface area contributed by atoms with E-state index in [0.717, 1.165) is 45.6 Å². The van der Waals surface area contributed by atoms with Crippen molar-refractivity contribution in [2.75, 3.05) is 50.8 Å². The lowest BCUT2D eigenvalue weighted by Gasteiger charge is -2.36. The molecule has 0 bridgehead atoms. The fraction of sp³-hybridized carbons (Fsp3) is 0.667. The predicted molar refractivity (Wildman–Crippen MR) is 91.6 cm³/mol. The van der Waals surface area contributed by atoms with Gasteiger partial charge in [0.2, 0.25) is 0 Å². The van der Waals surface area contributed by atoms with E-state index in [1.165, 1.54) is 11.3 Å². The van der Waals surface area contributed by atoms with E-state index in [4.69, 9.17) is 4.74 Å². The third-order valence-electron chi connectivity index (χ3n) is 4.19. The minimum Gasteiger partial charge on any atom is -0.389 e. The monoisotopic (exact) mass is 306 g/mol. The topological polar surface area (TPSA) is 35.9 Å². The second-order valence-corrected chi connectivity index (χ2v) is 6.21. The molecule has 1 aromatic carbocycles. The standard InChI is InChI=1S/C18H30N2O2/c1-3-4-13-22-15-18(21)14-19-9-11-20(12-10-19)17-7-5-16(2)6-8-17/h5-8,18,21H,3-4,9-15H2,1-2H3/t18-/m0/s1. The Morgan fingerprint density at radius 3 is 2.45 bits per heavy atom. The van der Waals surface area contributed by atoms with Gasteiger partial charge in [0.1, 0.15) is 0 Å². The lowest BCUT2D eigenvalue weighted by Crippen LogP contribution is -2.49. The Morgan fingerprint density at radius 2 is 1.82 bits per heavy atom. The van der Waals surface area contributed by atoms with Crippen LogP contribution in [-0.4, -0.2) is 62.0 Å². The van der Waals surface area contributed by atoms with Gasteiger partial charge < -0.3 is 14.7 Å². The Bertz CT molecular complexity index is 414. The van der Waals surface area contributed by atoms with E-state index in [2.05, 4.69) is 47.9 Å². The number of aliphatic hydroxyl groups excluding tert-OH is 1. The molecule has 4 nitrogen and oxygen atoms in total. The Hall–Kier alpha value is -1.10. The molecule has 22 heavy (non-hydrogen) atoms. The van der Waals surface area contributed by atoms with Crippen LogP contribution in [0, 0.1) is 6.92 Å². The highest BCUT2D eigenvalue weighted by molar-refractivity contribution is 5.47. The Morgan fingerprint density at radius 1 is 1.14 bits per heavy atom. The molecule has 4 heteroatoms. The summed E-state index contributed by atoms with van der Waals surface area (Å²) in [5.41, 5.74) is 2.60. The zero-order chi connectivity index (χ0) is 15.8. The number of aliphatic hydroxyl groups is 1. The fourth-order valence-electron chi connectivity index (χ4n) is 2.76. The maximum Gasteiger partial charge on any atom is 0.0900 e. The summed E-state index contributed by atoms with van der Waals surface area (Å²) in [4.78, 5) is 4.75. The Labute approximate surface area is 134 Å². The summed E-state index contributed by atoms with van der Waals surface area (Å²) in [6.45, 7) is 10.2. The molecule has 2 rings (SSSR count). The van der Waals surface area contributed by atoms with Crippen molar-refractivity contribution in [1.82, 2.24) is 4.90 Å². The predicted octanol–water partition coefficient (Wildman–Crippen LogP) is 2.29. The summed E-state index contributed by atoms with van der Waals surface area (Å²) in [7, 11) is 0. The SMILES string of the molecule is CCCCOC[C@@H](O)CN1CCN(c2ccc(C)cc2)CC1. The van der Waals surface area contributed by atoms with E-state index in [-0.39, 0.29) is 6.10 Å². The molecule has 124 valence electrons. The number of benzene rings is 1. The summed E-state index contributed by atoms with van der Waals surface area (Å²) >= 11 is 0. The number of hydrogen-bond donors (Lipinski definition) is 1. The van der Waals surface area contributed by atoms with Crippen LogP contribution in [0.4, 0.5) is 5.69 Å². The van der Waals surface area contributed by atoms with E-state index < -0.39 is 0 Å². The summed E-state index contributed by atoms with van der Waals surface area (Å²) < 4.78 is 5.49. The maximum atomic E-state index is 10.0. The highest BCUT2D eigenvalue weighted by Crippen LogP contribution is 2.17. The van der Waals surface area contributed by atoms with E-state index in [9.17, 15) is 5.11 Å². The number of aryl methyl sites for hydroxylation is 1. The molecule has 1 aromatic rings. The van der Waals surface area contributed by atoms with Gasteiger partial charge in [-0.25, -0.2) is 0 Å². The van der Waals surface area contributed by atoms with Crippen molar-refractivity contribution in [3.8, 4) is 0 Å². The highest BCUT2D eigenvalue weighted by atomic mass is 16.5. The molecular formula is C18H30N2O2. The second-order valence-electron chi connectivity index (χ2n) is 6.21. The van der Waals surface area contributed by atoms with Gasteiger partial charge in [-0.3, -0.25) is 4.90 Å². The number of unbranched alkanes of at least 4 members (excludes halogenated alkanes) is 1. The van der Waals surface area contributed by atoms with Gasteiger partial charge >= 0.3 is 0 Å². The van der Waals surface area contributed by atoms with Gasteiger partial charge in [0.15, 0.2) is 0 Å². The number of hydrogen-bond acceptors (Lipinski definition) is 4. The molecule has 1 fully saturated rings. The molecule has 0 unspecified atom stereocenters. The molecule has 0 saturated carbocycles. The van der Waals surface area contributed by atoms with Gasteiger partial charge in [-0.05, 0) is 25.5 Å². The van der Waals surface area contributed by atoms with Crippen LogP contribution in [0.5, 0.6) is 0 Å². The van der Waals surface area contributed by atoms with Crippen LogP contribution >= 0.6 is 0 Å². The molecule has 1 atom stereocenters. The summed E-state index contributed by atoms with van der Waals surface area (Å²) in [5, 5.41) is 10.0. The third kappa shape index (κ3) is 5.59. The van der Waals surface area contributed by atoms with Gasteiger partial charge in [0, 0.05) is 45.0 Å². The lowest BCUT2D eigenvalue weighted by molar-refractivity contribution is 0.0150. The molecule has 0 aliphatic carbocycles. The van der Waals surface area contributed by atoms with Gasteiger partial charge in [0.05, 0.1) is 12.7 Å². The fourth-order valence-corrected chi connectivity index (χ4v) is 2.76. The number of ether oxygens (including phenoxy) is 1. The molecular weight excluding hydrogens is 276 g/mol. The first-order valence-corrected chi connectivity index (χ1v) is 8.49. The van der Waals surface area contributed by atoms with Gasteiger partial charge in [-0.1, -0.05) is 31.0 Å². The van der Waals surface area contributed by atoms with Crippen molar-refractivity contribution in [1.29, 1.82) is 0 Å². The molecule has 1 aliphatic heterocycles. The quantitative estimate of drug-likeness (QED) is 0.748. The third-order valence-corrected chi connectivity index (χ3v) is 4.19. The minimum absolute atomic E-state index is 0.372. The minimum atomic E-state index is -0.372. The first kappa shape index (κ1) is 17.3. The molecule has 0 amide bonds. The Balaban J connectivity index is 1.67.